The normalized spacial score (nSPS) is 13.2. The monoisotopic (exact) mass is 273 g/mol. The Morgan fingerprint density at radius 3 is 2.61 bits per heavy atom. The summed E-state index contributed by atoms with van der Waals surface area (Å²) in [6.45, 7) is 9.83. The van der Waals surface area contributed by atoms with Crippen molar-refractivity contribution in [2.24, 2.45) is 0 Å². The van der Waals surface area contributed by atoms with Crippen LogP contribution >= 0.6 is 11.6 Å². The Morgan fingerprint density at radius 1 is 1.61 bits per heavy atom. The molecular formula is C12H20ClN3O2. The summed E-state index contributed by atoms with van der Waals surface area (Å²) in [6, 6.07) is -0.211. The second-order valence-corrected chi connectivity index (χ2v) is 5.47. The van der Waals surface area contributed by atoms with E-state index in [1.54, 1.807) is 4.90 Å². The van der Waals surface area contributed by atoms with Gasteiger partial charge in [-0.25, -0.2) is 9.78 Å². The Morgan fingerprint density at radius 2 is 2.22 bits per heavy atom. The minimum atomic E-state index is -0.509. The number of imidazole rings is 1. The van der Waals surface area contributed by atoms with Crippen molar-refractivity contribution < 1.29 is 9.53 Å². The molecule has 5 nitrogen and oxygen atoms in total. The van der Waals surface area contributed by atoms with Gasteiger partial charge in [0.05, 0.1) is 12.2 Å². The Bertz CT molecular complexity index is 412. The molecule has 1 N–H and O–H groups in total. The second-order valence-electron chi connectivity index (χ2n) is 5.06. The topological polar surface area (TPSA) is 58.2 Å². The molecule has 1 aromatic rings. The molecule has 1 aromatic heterocycles. The van der Waals surface area contributed by atoms with Crippen molar-refractivity contribution in [2.75, 3.05) is 6.54 Å². The number of carbonyl (C=O) groups excluding carboxylic acids is 1. The van der Waals surface area contributed by atoms with Gasteiger partial charge < -0.3 is 9.72 Å². The molecule has 1 rings (SSSR count). The van der Waals surface area contributed by atoms with Gasteiger partial charge >= 0.3 is 6.09 Å². The van der Waals surface area contributed by atoms with Crippen molar-refractivity contribution in [3.63, 3.8) is 0 Å². The summed E-state index contributed by atoms with van der Waals surface area (Å²) in [5, 5.41) is 0.456. The first kappa shape index (κ1) is 14.8. The highest BCUT2D eigenvalue weighted by atomic mass is 35.5. The first-order valence-electron chi connectivity index (χ1n) is 5.94. The zero-order chi connectivity index (χ0) is 13.9. The third kappa shape index (κ3) is 3.91. The van der Waals surface area contributed by atoms with Crippen LogP contribution in [0, 0.1) is 0 Å². The van der Waals surface area contributed by atoms with Crippen molar-refractivity contribution in [1.29, 1.82) is 0 Å². The van der Waals surface area contributed by atoms with Gasteiger partial charge in [-0.3, -0.25) is 4.90 Å². The summed E-state index contributed by atoms with van der Waals surface area (Å²) in [7, 11) is 0. The number of ether oxygens (including phenoxy) is 1. The molecule has 0 unspecified atom stereocenters. The van der Waals surface area contributed by atoms with Crippen molar-refractivity contribution >= 4 is 17.7 Å². The number of nitrogens with zero attached hydrogens (tertiary/aromatic N) is 2. The van der Waals surface area contributed by atoms with E-state index in [1.165, 1.54) is 6.20 Å². The molecule has 0 aliphatic rings. The van der Waals surface area contributed by atoms with Crippen molar-refractivity contribution in [2.45, 2.75) is 46.3 Å². The average molecular weight is 274 g/mol. The van der Waals surface area contributed by atoms with E-state index in [-0.39, 0.29) is 12.1 Å². The van der Waals surface area contributed by atoms with Crippen LogP contribution in [-0.4, -0.2) is 33.1 Å². The molecule has 1 heterocycles. The van der Waals surface area contributed by atoms with Gasteiger partial charge in [-0.15, -0.1) is 0 Å². The fourth-order valence-corrected chi connectivity index (χ4v) is 1.70. The maximum Gasteiger partial charge on any atom is 0.410 e. The minimum absolute atomic E-state index is 0.211. The van der Waals surface area contributed by atoms with Crippen LogP contribution in [0.3, 0.4) is 0 Å². The van der Waals surface area contributed by atoms with E-state index in [9.17, 15) is 4.79 Å². The minimum Gasteiger partial charge on any atom is -0.444 e. The highest BCUT2D eigenvalue weighted by Crippen LogP contribution is 2.21. The number of hydrogen-bond donors (Lipinski definition) is 1. The number of hydrogen-bond acceptors (Lipinski definition) is 3. The Labute approximate surface area is 112 Å². The van der Waals surface area contributed by atoms with Crippen molar-refractivity contribution in [3.8, 4) is 0 Å². The first-order chi connectivity index (χ1) is 8.24. The maximum absolute atomic E-state index is 12.0. The molecule has 0 aliphatic heterocycles. The standard InChI is InChI=1S/C12H20ClN3O2/c1-6-16(11(17)18-12(3,4)5)8(2)10-14-7-9(13)15-10/h7-8H,6H2,1-5H3,(H,14,15)/t8-/m0/s1. The number of aromatic nitrogens is 2. The summed E-state index contributed by atoms with van der Waals surface area (Å²) >= 11 is 5.79. The molecule has 0 spiro atoms. The summed E-state index contributed by atoms with van der Waals surface area (Å²) in [5.74, 6) is 0.646. The molecule has 102 valence electrons. The number of aromatic amines is 1. The van der Waals surface area contributed by atoms with Gasteiger partial charge in [0.25, 0.3) is 0 Å². The summed E-state index contributed by atoms with van der Waals surface area (Å²) in [6.07, 6.45) is 1.17. The lowest BCUT2D eigenvalue weighted by Crippen LogP contribution is -2.38. The highest BCUT2D eigenvalue weighted by molar-refractivity contribution is 6.29. The predicted molar refractivity (Wildman–Crippen MR) is 70.6 cm³/mol. The van der Waals surface area contributed by atoms with Gasteiger partial charge in [0.1, 0.15) is 16.6 Å². The van der Waals surface area contributed by atoms with E-state index in [0.29, 0.717) is 17.5 Å². The van der Waals surface area contributed by atoms with Gasteiger partial charge in [-0.05, 0) is 34.6 Å². The number of rotatable bonds is 3. The zero-order valence-electron chi connectivity index (χ0n) is 11.5. The predicted octanol–water partition coefficient (Wildman–Crippen LogP) is 3.38. The molecule has 0 saturated carbocycles. The largest absolute Gasteiger partial charge is 0.444 e. The average Bonchev–Trinajstić information content (AvgIpc) is 2.63. The lowest BCUT2D eigenvalue weighted by Gasteiger charge is -2.29. The smallest absolute Gasteiger partial charge is 0.410 e. The van der Waals surface area contributed by atoms with Crippen LogP contribution in [0.1, 0.15) is 46.5 Å². The van der Waals surface area contributed by atoms with Crippen LogP contribution in [0.5, 0.6) is 0 Å². The third-order valence-corrected chi connectivity index (χ3v) is 2.59. The highest BCUT2D eigenvalue weighted by Gasteiger charge is 2.26. The van der Waals surface area contributed by atoms with Gasteiger partial charge in [0.2, 0.25) is 0 Å². The number of carbonyl (C=O) groups is 1. The lowest BCUT2D eigenvalue weighted by molar-refractivity contribution is 0.0179. The van der Waals surface area contributed by atoms with Crippen LogP contribution in [-0.2, 0) is 4.74 Å². The Balaban J connectivity index is 2.80. The fraction of sp³-hybridized carbons (Fsp3) is 0.667. The van der Waals surface area contributed by atoms with Crippen LogP contribution in [0.2, 0.25) is 5.15 Å². The van der Waals surface area contributed by atoms with E-state index in [2.05, 4.69) is 9.97 Å². The molecule has 0 aliphatic carbocycles. The molecule has 18 heavy (non-hydrogen) atoms. The summed E-state index contributed by atoms with van der Waals surface area (Å²) in [5.41, 5.74) is -0.509. The molecule has 1 amide bonds. The van der Waals surface area contributed by atoms with Crippen LogP contribution in [0.15, 0.2) is 6.20 Å². The first-order valence-corrected chi connectivity index (χ1v) is 6.32. The molecular weight excluding hydrogens is 254 g/mol. The van der Waals surface area contributed by atoms with Crippen LogP contribution in [0.25, 0.3) is 0 Å². The van der Waals surface area contributed by atoms with Gasteiger partial charge in [-0.2, -0.15) is 0 Å². The van der Waals surface area contributed by atoms with Crippen molar-refractivity contribution in [3.05, 3.63) is 17.2 Å². The number of H-pyrrole nitrogens is 1. The summed E-state index contributed by atoms with van der Waals surface area (Å²) < 4.78 is 5.35. The fourth-order valence-electron chi connectivity index (χ4n) is 1.55. The molecule has 1 atom stereocenters. The second kappa shape index (κ2) is 5.61. The Kier molecular flexibility index (Phi) is 4.62. The van der Waals surface area contributed by atoms with Gasteiger partial charge in [0, 0.05) is 6.54 Å². The zero-order valence-corrected chi connectivity index (χ0v) is 12.2. The molecule has 0 aromatic carbocycles. The van der Waals surface area contributed by atoms with Gasteiger partial charge in [0.15, 0.2) is 0 Å². The summed E-state index contributed by atoms with van der Waals surface area (Å²) in [4.78, 5) is 20.7. The lowest BCUT2D eigenvalue weighted by atomic mass is 10.2. The Hall–Kier alpha value is -1.23. The SMILES string of the molecule is CCN(C(=O)OC(C)(C)C)[C@@H](C)c1ncc(Cl)[nH]1. The van der Waals surface area contributed by atoms with E-state index in [0.717, 1.165) is 0 Å². The molecule has 0 radical (unpaired) electrons. The number of nitrogens with one attached hydrogen (secondary N) is 1. The molecule has 0 saturated heterocycles. The van der Waals surface area contributed by atoms with E-state index < -0.39 is 5.60 Å². The molecule has 0 bridgehead atoms. The quantitative estimate of drug-likeness (QED) is 0.918. The van der Waals surface area contributed by atoms with E-state index in [1.807, 2.05) is 34.6 Å². The number of amides is 1. The van der Waals surface area contributed by atoms with E-state index in [4.69, 9.17) is 16.3 Å². The van der Waals surface area contributed by atoms with Gasteiger partial charge in [-0.1, -0.05) is 11.6 Å². The molecule has 6 heteroatoms. The van der Waals surface area contributed by atoms with Crippen LogP contribution in [0.4, 0.5) is 4.79 Å². The van der Waals surface area contributed by atoms with Crippen LogP contribution < -0.4 is 0 Å². The maximum atomic E-state index is 12.0. The van der Waals surface area contributed by atoms with Crippen molar-refractivity contribution in [1.82, 2.24) is 14.9 Å². The van der Waals surface area contributed by atoms with E-state index >= 15 is 0 Å². The number of halogens is 1. The third-order valence-electron chi connectivity index (χ3n) is 2.40. The molecule has 0 fully saturated rings.